The largest absolute Gasteiger partial charge is 0.352 e. The van der Waals surface area contributed by atoms with Gasteiger partial charge in [0.2, 0.25) is 5.91 Å². The van der Waals surface area contributed by atoms with E-state index in [2.05, 4.69) is 10.6 Å². The van der Waals surface area contributed by atoms with Gasteiger partial charge in [-0.3, -0.25) is 4.79 Å². The minimum atomic E-state index is -0.210. The van der Waals surface area contributed by atoms with Crippen LogP contribution in [0.3, 0.4) is 0 Å². The second-order valence-electron chi connectivity index (χ2n) is 4.79. The van der Waals surface area contributed by atoms with E-state index in [1.165, 1.54) is 6.07 Å². The first-order chi connectivity index (χ1) is 9.15. The third-order valence-corrected chi connectivity index (χ3v) is 4.27. The normalized spacial score (nSPS) is 19.2. The molecule has 1 amide bonds. The van der Waals surface area contributed by atoms with Crippen LogP contribution < -0.4 is 10.6 Å². The smallest absolute Gasteiger partial charge is 0.221 e. The van der Waals surface area contributed by atoms with E-state index in [0.29, 0.717) is 18.5 Å². The van der Waals surface area contributed by atoms with Crippen LogP contribution in [0, 0.1) is 12.7 Å². The van der Waals surface area contributed by atoms with Crippen LogP contribution >= 0.6 is 11.8 Å². The van der Waals surface area contributed by atoms with E-state index >= 15 is 0 Å². The van der Waals surface area contributed by atoms with Gasteiger partial charge in [0.15, 0.2) is 0 Å². The summed E-state index contributed by atoms with van der Waals surface area (Å²) in [5, 5.41) is 6.22. The number of carbonyl (C=O) groups is 1. The summed E-state index contributed by atoms with van der Waals surface area (Å²) in [5.74, 6) is 1.94. The Morgan fingerprint density at radius 2 is 2.42 bits per heavy atom. The lowest BCUT2D eigenvalue weighted by molar-refractivity contribution is -0.121. The highest BCUT2D eigenvalue weighted by Crippen LogP contribution is 2.11. The molecule has 2 rings (SSSR count). The molecule has 1 saturated heterocycles. The molecule has 0 radical (unpaired) electrons. The van der Waals surface area contributed by atoms with Crippen molar-refractivity contribution < 1.29 is 9.18 Å². The fraction of sp³-hybridized carbons (Fsp3) is 0.500. The minimum Gasteiger partial charge on any atom is -0.352 e. The molecule has 1 unspecified atom stereocenters. The summed E-state index contributed by atoms with van der Waals surface area (Å²) >= 11 is 1.88. The van der Waals surface area contributed by atoms with Crippen LogP contribution in [0.5, 0.6) is 0 Å². The zero-order valence-electron chi connectivity index (χ0n) is 11.0. The number of hydrogen-bond acceptors (Lipinski definition) is 3. The minimum absolute atomic E-state index is 0.0435. The number of rotatable bonds is 4. The van der Waals surface area contributed by atoms with E-state index in [-0.39, 0.29) is 17.8 Å². The first kappa shape index (κ1) is 14.3. The number of amides is 1. The Balaban J connectivity index is 1.77. The van der Waals surface area contributed by atoms with Crippen LogP contribution in [0.1, 0.15) is 17.5 Å². The van der Waals surface area contributed by atoms with Crippen LogP contribution in [-0.2, 0) is 11.3 Å². The van der Waals surface area contributed by atoms with Crippen LogP contribution in [-0.4, -0.2) is 30.0 Å². The molecular weight excluding hydrogens is 263 g/mol. The molecule has 1 heterocycles. The second kappa shape index (κ2) is 6.91. The molecule has 5 heteroatoms. The molecule has 0 spiro atoms. The first-order valence-electron chi connectivity index (χ1n) is 6.48. The molecular formula is C14H19FN2OS. The predicted octanol–water partition coefficient (Wildman–Crippen LogP) is 1.85. The van der Waals surface area contributed by atoms with Crippen molar-refractivity contribution in [2.24, 2.45) is 0 Å². The molecule has 0 aromatic heterocycles. The average molecular weight is 282 g/mol. The molecule has 19 heavy (non-hydrogen) atoms. The second-order valence-corrected chi connectivity index (χ2v) is 5.94. The van der Waals surface area contributed by atoms with E-state index in [1.54, 1.807) is 19.1 Å². The Labute approximate surface area is 117 Å². The number of aryl methyl sites for hydroxylation is 1. The van der Waals surface area contributed by atoms with Gasteiger partial charge in [-0.05, 0) is 24.1 Å². The number of hydrogen-bond donors (Lipinski definition) is 2. The SMILES string of the molecule is Cc1cc(CNC(=O)CC2CSCCN2)ccc1F. The summed E-state index contributed by atoms with van der Waals surface area (Å²) in [7, 11) is 0. The lowest BCUT2D eigenvalue weighted by Gasteiger charge is -2.22. The van der Waals surface area contributed by atoms with Gasteiger partial charge < -0.3 is 10.6 Å². The summed E-state index contributed by atoms with van der Waals surface area (Å²) in [6.07, 6.45) is 0.507. The van der Waals surface area contributed by atoms with Crippen molar-refractivity contribution >= 4 is 17.7 Å². The molecule has 1 aliphatic heterocycles. The molecule has 1 aromatic rings. The predicted molar refractivity (Wildman–Crippen MR) is 76.7 cm³/mol. The first-order valence-corrected chi connectivity index (χ1v) is 7.63. The Morgan fingerprint density at radius 3 is 3.11 bits per heavy atom. The van der Waals surface area contributed by atoms with Crippen molar-refractivity contribution in [1.82, 2.24) is 10.6 Å². The van der Waals surface area contributed by atoms with Crippen molar-refractivity contribution in [3.05, 3.63) is 35.1 Å². The van der Waals surface area contributed by atoms with Crippen LogP contribution in [0.25, 0.3) is 0 Å². The molecule has 1 aromatic carbocycles. The monoisotopic (exact) mass is 282 g/mol. The van der Waals surface area contributed by atoms with E-state index in [9.17, 15) is 9.18 Å². The maximum Gasteiger partial charge on any atom is 0.221 e. The quantitative estimate of drug-likeness (QED) is 0.885. The van der Waals surface area contributed by atoms with Crippen molar-refractivity contribution in [3.63, 3.8) is 0 Å². The van der Waals surface area contributed by atoms with Gasteiger partial charge in [0, 0.05) is 37.1 Å². The van der Waals surface area contributed by atoms with Gasteiger partial charge in [-0.2, -0.15) is 11.8 Å². The zero-order valence-corrected chi connectivity index (χ0v) is 11.9. The number of carbonyl (C=O) groups excluding carboxylic acids is 1. The van der Waals surface area contributed by atoms with Gasteiger partial charge in [0.1, 0.15) is 5.82 Å². The maximum atomic E-state index is 13.1. The fourth-order valence-electron chi connectivity index (χ4n) is 2.06. The Kier molecular flexibility index (Phi) is 5.22. The summed E-state index contributed by atoms with van der Waals surface area (Å²) in [6, 6.07) is 5.19. The molecule has 1 fully saturated rings. The summed E-state index contributed by atoms with van der Waals surface area (Å²) in [6.45, 7) is 3.16. The summed E-state index contributed by atoms with van der Waals surface area (Å²) in [4.78, 5) is 11.8. The molecule has 2 N–H and O–H groups in total. The van der Waals surface area contributed by atoms with E-state index in [1.807, 2.05) is 11.8 Å². The third-order valence-electron chi connectivity index (χ3n) is 3.14. The van der Waals surface area contributed by atoms with E-state index in [4.69, 9.17) is 0 Å². The van der Waals surface area contributed by atoms with Gasteiger partial charge in [-0.1, -0.05) is 12.1 Å². The van der Waals surface area contributed by atoms with Crippen molar-refractivity contribution in [2.45, 2.75) is 25.9 Å². The molecule has 0 bridgehead atoms. The highest BCUT2D eigenvalue weighted by molar-refractivity contribution is 7.99. The Hall–Kier alpha value is -1.07. The van der Waals surface area contributed by atoms with Crippen LogP contribution in [0.2, 0.25) is 0 Å². The third kappa shape index (κ3) is 4.51. The van der Waals surface area contributed by atoms with E-state index < -0.39 is 0 Å². The summed E-state index contributed by atoms with van der Waals surface area (Å²) in [5.41, 5.74) is 1.54. The molecule has 3 nitrogen and oxygen atoms in total. The van der Waals surface area contributed by atoms with Gasteiger partial charge in [-0.15, -0.1) is 0 Å². The average Bonchev–Trinajstić information content (AvgIpc) is 2.41. The zero-order chi connectivity index (χ0) is 13.7. The highest BCUT2D eigenvalue weighted by atomic mass is 32.2. The number of thioether (sulfide) groups is 1. The van der Waals surface area contributed by atoms with Crippen LogP contribution in [0.4, 0.5) is 4.39 Å². The lowest BCUT2D eigenvalue weighted by Crippen LogP contribution is -2.41. The topological polar surface area (TPSA) is 41.1 Å². The van der Waals surface area contributed by atoms with Gasteiger partial charge in [0.25, 0.3) is 0 Å². The van der Waals surface area contributed by atoms with Gasteiger partial charge >= 0.3 is 0 Å². The van der Waals surface area contributed by atoms with Gasteiger partial charge in [0.05, 0.1) is 0 Å². The van der Waals surface area contributed by atoms with Crippen molar-refractivity contribution in [3.8, 4) is 0 Å². The lowest BCUT2D eigenvalue weighted by atomic mass is 10.1. The Morgan fingerprint density at radius 1 is 1.58 bits per heavy atom. The van der Waals surface area contributed by atoms with Crippen molar-refractivity contribution in [2.75, 3.05) is 18.1 Å². The molecule has 0 saturated carbocycles. The highest BCUT2D eigenvalue weighted by Gasteiger charge is 2.16. The van der Waals surface area contributed by atoms with Gasteiger partial charge in [-0.25, -0.2) is 4.39 Å². The fourth-order valence-corrected chi connectivity index (χ4v) is 3.01. The standard InChI is InChI=1S/C14H19FN2OS/c1-10-6-11(2-3-13(10)15)8-17-14(18)7-12-9-19-5-4-16-12/h2-3,6,12,16H,4-5,7-9H2,1H3,(H,17,18). The summed E-state index contributed by atoms with van der Waals surface area (Å²) < 4.78 is 13.1. The number of halogens is 1. The number of benzene rings is 1. The molecule has 1 atom stereocenters. The van der Waals surface area contributed by atoms with Crippen molar-refractivity contribution in [1.29, 1.82) is 0 Å². The molecule has 104 valence electrons. The van der Waals surface area contributed by atoms with E-state index in [0.717, 1.165) is 23.6 Å². The molecule has 0 aliphatic carbocycles. The number of nitrogens with one attached hydrogen (secondary N) is 2. The Bertz CT molecular complexity index is 447. The van der Waals surface area contributed by atoms with Crippen LogP contribution in [0.15, 0.2) is 18.2 Å². The molecule has 1 aliphatic rings. The maximum absolute atomic E-state index is 13.1.